The maximum Gasteiger partial charge on any atom is 0.191 e. The molecule has 0 radical (unpaired) electrons. The van der Waals surface area contributed by atoms with Crippen molar-refractivity contribution in [2.24, 2.45) is 4.99 Å². The molecule has 0 amide bonds. The highest BCUT2D eigenvalue weighted by Gasteiger charge is 1.98. The van der Waals surface area contributed by atoms with Crippen LogP contribution in [0.1, 0.15) is 12.5 Å². The molecule has 100 valence electrons. The average molecular weight is 253 g/mol. The fraction of sp³-hybridized carbons (Fsp3) is 0.462. The number of guanidine groups is 1. The molecule has 1 aromatic carbocycles. The van der Waals surface area contributed by atoms with Crippen LogP contribution in [0.15, 0.2) is 29.3 Å². The number of ether oxygens (including phenoxy) is 1. The Kier molecular flexibility index (Phi) is 6.79. The van der Waals surface area contributed by atoms with Gasteiger partial charge in [-0.3, -0.25) is 4.99 Å². The molecule has 0 aliphatic heterocycles. The van der Waals surface area contributed by atoms with E-state index in [9.17, 15) is 4.39 Å². The lowest BCUT2D eigenvalue weighted by Crippen LogP contribution is -2.38. The second-order valence-corrected chi connectivity index (χ2v) is 3.68. The summed E-state index contributed by atoms with van der Waals surface area (Å²) < 4.78 is 17.9. The van der Waals surface area contributed by atoms with E-state index >= 15 is 0 Å². The lowest BCUT2D eigenvalue weighted by Gasteiger charge is -2.11. The molecule has 1 aromatic rings. The van der Waals surface area contributed by atoms with Crippen molar-refractivity contribution >= 4 is 5.96 Å². The van der Waals surface area contributed by atoms with Crippen LogP contribution in [-0.4, -0.2) is 32.8 Å². The van der Waals surface area contributed by atoms with Gasteiger partial charge in [0.2, 0.25) is 0 Å². The van der Waals surface area contributed by atoms with Gasteiger partial charge in [0.05, 0.1) is 6.61 Å². The van der Waals surface area contributed by atoms with Gasteiger partial charge in [-0.2, -0.15) is 0 Å². The van der Waals surface area contributed by atoms with Crippen LogP contribution in [0.5, 0.6) is 0 Å². The van der Waals surface area contributed by atoms with Gasteiger partial charge in [-0.15, -0.1) is 0 Å². The Balaban J connectivity index is 2.29. The molecular formula is C13H20FN3O. The Labute approximate surface area is 107 Å². The molecule has 0 atom stereocenters. The molecule has 0 fully saturated rings. The van der Waals surface area contributed by atoms with Crippen LogP contribution in [0.25, 0.3) is 0 Å². The van der Waals surface area contributed by atoms with Gasteiger partial charge in [-0.05, 0) is 24.6 Å². The minimum absolute atomic E-state index is 0.224. The summed E-state index contributed by atoms with van der Waals surface area (Å²) in [6.45, 7) is 4.63. The summed E-state index contributed by atoms with van der Waals surface area (Å²) in [5.74, 6) is 0.483. The van der Waals surface area contributed by atoms with E-state index in [4.69, 9.17) is 4.74 Å². The zero-order valence-corrected chi connectivity index (χ0v) is 10.9. The first kappa shape index (κ1) is 14.4. The second-order valence-electron chi connectivity index (χ2n) is 3.68. The van der Waals surface area contributed by atoms with Crippen molar-refractivity contribution in [2.75, 3.05) is 26.8 Å². The summed E-state index contributed by atoms with van der Waals surface area (Å²) >= 11 is 0. The van der Waals surface area contributed by atoms with Crippen molar-refractivity contribution < 1.29 is 9.13 Å². The van der Waals surface area contributed by atoms with Crippen LogP contribution in [0, 0.1) is 5.82 Å². The van der Waals surface area contributed by atoms with Gasteiger partial charge in [0.15, 0.2) is 5.96 Å². The van der Waals surface area contributed by atoms with Crippen molar-refractivity contribution in [3.8, 4) is 0 Å². The Bertz CT molecular complexity index is 365. The third-order valence-electron chi connectivity index (χ3n) is 2.34. The fourth-order valence-electron chi connectivity index (χ4n) is 1.39. The monoisotopic (exact) mass is 253 g/mol. The summed E-state index contributed by atoms with van der Waals surface area (Å²) in [5.41, 5.74) is 1.00. The van der Waals surface area contributed by atoms with Gasteiger partial charge in [-0.1, -0.05) is 12.1 Å². The van der Waals surface area contributed by atoms with E-state index in [2.05, 4.69) is 15.6 Å². The van der Waals surface area contributed by atoms with Crippen LogP contribution in [0.4, 0.5) is 4.39 Å². The first-order chi connectivity index (χ1) is 8.76. The summed E-state index contributed by atoms with van der Waals surface area (Å²) in [5, 5.41) is 6.27. The topological polar surface area (TPSA) is 45.6 Å². The van der Waals surface area contributed by atoms with Crippen molar-refractivity contribution in [3.05, 3.63) is 35.6 Å². The number of nitrogens with zero attached hydrogens (tertiary/aromatic N) is 1. The van der Waals surface area contributed by atoms with E-state index in [0.29, 0.717) is 32.3 Å². The highest BCUT2D eigenvalue weighted by molar-refractivity contribution is 5.79. The van der Waals surface area contributed by atoms with E-state index in [1.165, 1.54) is 12.1 Å². The molecule has 0 saturated heterocycles. The predicted molar refractivity (Wildman–Crippen MR) is 71.1 cm³/mol. The summed E-state index contributed by atoms with van der Waals surface area (Å²) in [6, 6.07) is 6.39. The van der Waals surface area contributed by atoms with Crippen molar-refractivity contribution in [2.45, 2.75) is 13.5 Å². The van der Waals surface area contributed by atoms with Crippen molar-refractivity contribution in [1.82, 2.24) is 10.6 Å². The molecule has 18 heavy (non-hydrogen) atoms. The standard InChI is InChI=1S/C13H20FN3O/c1-3-18-9-8-16-13(15-2)17-10-11-4-6-12(14)7-5-11/h4-7H,3,8-10H2,1-2H3,(H2,15,16,17). The number of aliphatic imine (C=N–C) groups is 1. The number of halogens is 1. The van der Waals surface area contributed by atoms with E-state index in [-0.39, 0.29) is 5.82 Å². The number of rotatable bonds is 6. The van der Waals surface area contributed by atoms with Gasteiger partial charge >= 0.3 is 0 Å². The summed E-state index contributed by atoms with van der Waals surface area (Å²) in [6.07, 6.45) is 0. The Morgan fingerprint density at radius 3 is 2.61 bits per heavy atom. The molecule has 2 N–H and O–H groups in total. The molecule has 0 aromatic heterocycles. The Hall–Kier alpha value is -1.62. The number of hydrogen-bond acceptors (Lipinski definition) is 2. The quantitative estimate of drug-likeness (QED) is 0.459. The number of benzene rings is 1. The predicted octanol–water partition coefficient (Wildman–Crippen LogP) is 1.53. The lowest BCUT2D eigenvalue weighted by atomic mass is 10.2. The molecule has 0 heterocycles. The molecule has 0 saturated carbocycles. The van der Waals surface area contributed by atoms with Crippen LogP contribution in [0.2, 0.25) is 0 Å². The van der Waals surface area contributed by atoms with Crippen molar-refractivity contribution in [3.63, 3.8) is 0 Å². The maximum atomic E-state index is 12.7. The van der Waals surface area contributed by atoms with Gasteiger partial charge in [0, 0.05) is 26.7 Å². The van der Waals surface area contributed by atoms with Crippen LogP contribution in [-0.2, 0) is 11.3 Å². The van der Waals surface area contributed by atoms with Gasteiger partial charge in [0.1, 0.15) is 5.82 Å². The third kappa shape index (κ3) is 5.63. The third-order valence-corrected chi connectivity index (χ3v) is 2.34. The van der Waals surface area contributed by atoms with E-state index in [0.717, 1.165) is 5.56 Å². The number of nitrogens with one attached hydrogen (secondary N) is 2. The largest absolute Gasteiger partial charge is 0.380 e. The van der Waals surface area contributed by atoms with Crippen LogP contribution >= 0.6 is 0 Å². The first-order valence-corrected chi connectivity index (χ1v) is 6.03. The number of hydrogen-bond donors (Lipinski definition) is 2. The highest BCUT2D eigenvalue weighted by Crippen LogP contribution is 2.01. The summed E-state index contributed by atoms with van der Waals surface area (Å²) in [4.78, 5) is 4.08. The zero-order valence-electron chi connectivity index (χ0n) is 10.9. The molecule has 1 rings (SSSR count). The SMILES string of the molecule is CCOCCNC(=NC)NCc1ccc(F)cc1. The minimum Gasteiger partial charge on any atom is -0.380 e. The van der Waals surface area contributed by atoms with E-state index in [1.54, 1.807) is 19.2 Å². The Morgan fingerprint density at radius 1 is 1.28 bits per heavy atom. The molecule has 5 heteroatoms. The first-order valence-electron chi connectivity index (χ1n) is 6.03. The zero-order chi connectivity index (χ0) is 13.2. The van der Waals surface area contributed by atoms with E-state index < -0.39 is 0 Å². The minimum atomic E-state index is -0.224. The highest BCUT2D eigenvalue weighted by atomic mass is 19.1. The molecule has 0 aliphatic carbocycles. The van der Waals surface area contributed by atoms with Gasteiger partial charge in [-0.25, -0.2) is 4.39 Å². The average Bonchev–Trinajstić information content (AvgIpc) is 2.40. The molecular weight excluding hydrogens is 233 g/mol. The van der Waals surface area contributed by atoms with Crippen LogP contribution in [0.3, 0.4) is 0 Å². The lowest BCUT2D eigenvalue weighted by molar-refractivity contribution is 0.152. The molecule has 0 bridgehead atoms. The smallest absolute Gasteiger partial charge is 0.191 e. The van der Waals surface area contributed by atoms with Gasteiger partial charge in [0.25, 0.3) is 0 Å². The molecule has 0 spiro atoms. The summed E-state index contributed by atoms with van der Waals surface area (Å²) in [7, 11) is 1.71. The van der Waals surface area contributed by atoms with Crippen molar-refractivity contribution in [1.29, 1.82) is 0 Å². The van der Waals surface area contributed by atoms with Gasteiger partial charge < -0.3 is 15.4 Å². The molecule has 4 nitrogen and oxygen atoms in total. The molecule has 0 unspecified atom stereocenters. The maximum absolute atomic E-state index is 12.7. The van der Waals surface area contributed by atoms with Crippen LogP contribution < -0.4 is 10.6 Å². The Morgan fingerprint density at radius 2 is 2.00 bits per heavy atom. The second kappa shape index (κ2) is 8.47. The van der Waals surface area contributed by atoms with E-state index in [1.807, 2.05) is 6.92 Å². The fourth-order valence-corrected chi connectivity index (χ4v) is 1.39. The molecule has 0 aliphatic rings. The normalized spacial score (nSPS) is 11.4.